The molecule has 0 spiro atoms. The molecular formula is C60H116O17P2. The van der Waals surface area contributed by atoms with Gasteiger partial charge < -0.3 is 33.8 Å². The molecule has 0 aromatic carbocycles. The van der Waals surface area contributed by atoms with Crippen LogP contribution >= 0.6 is 15.6 Å². The summed E-state index contributed by atoms with van der Waals surface area (Å²) in [4.78, 5) is 71.7. The van der Waals surface area contributed by atoms with Crippen LogP contribution in [0.1, 0.15) is 292 Å². The van der Waals surface area contributed by atoms with Crippen molar-refractivity contribution in [3.63, 3.8) is 0 Å². The maximum atomic E-state index is 12.9. The van der Waals surface area contributed by atoms with E-state index in [4.69, 9.17) is 37.0 Å². The fourth-order valence-corrected chi connectivity index (χ4v) is 10.4. The lowest BCUT2D eigenvalue weighted by atomic mass is 10.0. The van der Waals surface area contributed by atoms with Crippen LogP contribution in [-0.2, 0) is 65.4 Å². The number of hydrogen-bond acceptors (Lipinski definition) is 15. The monoisotopic (exact) mass is 1170 g/mol. The minimum atomic E-state index is -4.94. The van der Waals surface area contributed by atoms with E-state index in [2.05, 4.69) is 41.5 Å². The smallest absolute Gasteiger partial charge is 0.462 e. The van der Waals surface area contributed by atoms with Crippen molar-refractivity contribution in [2.24, 2.45) is 11.8 Å². The maximum Gasteiger partial charge on any atom is 0.472 e. The third-order valence-electron chi connectivity index (χ3n) is 13.7. The quantitative estimate of drug-likeness (QED) is 0.0222. The highest BCUT2D eigenvalue weighted by atomic mass is 31.2. The summed E-state index contributed by atoms with van der Waals surface area (Å²) in [5.41, 5.74) is 0. The first-order chi connectivity index (χ1) is 37.9. The molecule has 0 saturated carbocycles. The topological polar surface area (TPSA) is 237 Å². The van der Waals surface area contributed by atoms with Gasteiger partial charge >= 0.3 is 39.5 Å². The molecule has 19 heteroatoms. The number of rotatable bonds is 59. The first kappa shape index (κ1) is 77.1. The molecule has 3 N–H and O–H groups in total. The number of carbonyl (C=O) groups excluding carboxylic acids is 4. The van der Waals surface area contributed by atoms with Crippen LogP contribution in [0.5, 0.6) is 0 Å². The van der Waals surface area contributed by atoms with E-state index >= 15 is 0 Å². The molecule has 17 nitrogen and oxygen atoms in total. The molecule has 0 amide bonds. The molecule has 0 aliphatic heterocycles. The van der Waals surface area contributed by atoms with Crippen LogP contribution in [0.15, 0.2) is 0 Å². The average Bonchev–Trinajstić information content (AvgIpc) is 3.40. The number of unbranched alkanes of at least 4 members (excludes halogenated alkanes) is 29. The van der Waals surface area contributed by atoms with Crippen molar-refractivity contribution < 1.29 is 80.2 Å². The highest BCUT2D eigenvalue weighted by Crippen LogP contribution is 2.45. The fourth-order valence-electron chi connectivity index (χ4n) is 8.82. The maximum absolute atomic E-state index is 12.9. The predicted molar refractivity (Wildman–Crippen MR) is 312 cm³/mol. The third kappa shape index (κ3) is 55.0. The normalized spacial score (nSPS) is 14.4. The summed E-state index contributed by atoms with van der Waals surface area (Å²) in [6.45, 7) is 9.23. The molecule has 0 rings (SSSR count). The Morgan fingerprint density at radius 3 is 0.861 bits per heavy atom. The van der Waals surface area contributed by atoms with Gasteiger partial charge in [0, 0.05) is 25.7 Å². The Balaban J connectivity index is 5.17. The van der Waals surface area contributed by atoms with Gasteiger partial charge in [-0.25, -0.2) is 9.13 Å². The van der Waals surface area contributed by atoms with Gasteiger partial charge in [0.2, 0.25) is 0 Å². The van der Waals surface area contributed by atoms with E-state index in [-0.39, 0.29) is 25.7 Å². The summed E-state index contributed by atoms with van der Waals surface area (Å²) in [5, 5.41) is 10.5. The van der Waals surface area contributed by atoms with Gasteiger partial charge in [0.1, 0.15) is 19.3 Å². The summed E-state index contributed by atoms with van der Waals surface area (Å²) in [6.07, 6.45) is 34.1. The lowest BCUT2D eigenvalue weighted by Gasteiger charge is -2.21. The van der Waals surface area contributed by atoms with Gasteiger partial charge in [0.15, 0.2) is 12.2 Å². The van der Waals surface area contributed by atoms with Crippen molar-refractivity contribution in [3.05, 3.63) is 0 Å². The zero-order valence-electron chi connectivity index (χ0n) is 50.7. The molecule has 0 aliphatic rings. The number of esters is 4. The second-order valence-electron chi connectivity index (χ2n) is 22.7. The standard InChI is InChI=1S/C60H116O17P2/c1-7-9-11-13-14-15-16-17-18-19-20-21-24-32-38-44-59(64)76-56(49-71-58(63)43-37-31-25-22-23-29-34-40-52(3)4)51-75-79(68,69)73-47-54(61)46-72-78(66,67)74-50-55(48-70-57(62)42-36-28-12-10-8-2)77-60(65)45-39-33-27-26-30-35-41-53(5)6/h52-56,61H,7-51H2,1-6H3,(H,66,67)(H,68,69)/t54-,55+,56+/m0/s1. The Labute approximate surface area is 479 Å². The second-order valence-corrected chi connectivity index (χ2v) is 25.6. The van der Waals surface area contributed by atoms with Gasteiger partial charge in [-0.3, -0.25) is 37.3 Å². The molecule has 79 heavy (non-hydrogen) atoms. The number of carbonyl (C=O) groups is 4. The van der Waals surface area contributed by atoms with Crippen LogP contribution in [0.2, 0.25) is 0 Å². The van der Waals surface area contributed by atoms with Crippen LogP contribution in [0.3, 0.4) is 0 Å². The van der Waals surface area contributed by atoms with Gasteiger partial charge in [-0.1, -0.05) is 241 Å². The first-order valence-electron chi connectivity index (χ1n) is 31.5. The first-order valence-corrected chi connectivity index (χ1v) is 34.5. The SMILES string of the molecule is CCCCCCCCCCCCCCCCCC(=O)O[C@H](COC(=O)CCCCCCCCCC(C)C)COP(=O)(O)OC[C@@H](O)COP(=O)(O)OC[C@@H](COC(=O)CCCCCCC)OC(=O)CCCCCCCCC(C)C. The number of phosphoric acid groups is 2. The molecule has 5 atom stereocenters. The van der Waals surface area contributed by atoms with E-state index in [1.54, 1.807) is 0 Å². The van der Waals surface area contributed by atoms with Crippen molar-refractivity contribution in [1.82, 2.24) is 0 Å². The minimum Gasteiger partial charge on any atom is -0.462 e. The Hall–Kier alpha value is -1.94. The zero-order valence-corrected chi connectivity index (χ0v) is 52.4. The van der Waals surface area contributed by atoms with Crippen LogP contribution in [-0.4, -0.2) is 96.7 Å². The summed E-state index contributed by atoms with van der Waals surface area (Å²) >= 11 is 0. The summed E-state index contributed by atoms with van der Waals surface area (Å²) in [6, 6.07) is 0. The molecule has 0 aliphatic carbocycles. The molecule has 0 radical (unpaired) electrons. The van der Waals surface area contributed by atoms with E-state index in [0.29, 0.717) is 37.5 Å². The van der Waals surface area contributed by atoms with Gasteiger partial charge in [-0.15, -0.1) is 0 Å². The fraction of sp³-hybridized carbons (Fsp3) is 0.933. The highest BCUT2D eigenvalue weighted by molar-refractivity contribution is 7.47. The molecule has 468 valence electrons. The summed E-state index contributed by atoms with van der Waals surface area (Å²) in [5.74, 6) is -0.780. The van der Waals surface area contributed by atoms with E-state index in [1.165, 1.54) is 96.3 Å². The number of ether oxygens (including phenoxy) is 4. The number of aliphatic hydroxyl groups is 1. The molecule has 0 heterocycles. The van der Waals surface area contributed by atoms with Crippen LogP contribution in [0, 0.1) is 11.8 Å². The van der Waals surface area contributed by atoms with Crippen LogP contribution in [0.25, 0.3) is 0 Å². The predicted octanol–water partition coefficient (Wildman–Crippen LogP) is 16.1. The van der Waals surface area contributed by atoms with Crippen molar-refractivity contribution in [1.29, 1.82) is 0 Å². The molecule has 0 saturated heterocycles. The molecule has 0 aromatic heterocycles. The summed E-state index contributed by atoms with van der Waals surface area (Å²) in [7, 11) is -9.87. The van der Waals surface area contributed by atoms with Gasteiger partial charge in [0.25, 0.3) is 0 Å². The Bertz CT molecular complexity index is 1560. The van der Waals surface area contributed by atoms with Crippen molar-refractivity contribution >= 4 is 39.5 Å². The third-order valence-corrected chi connectivity index (χ3v) is 15.6. The highest BCUT2D eigenvalue weighted by Gasteiger charge is 2.30. The van der Waals surface area contributed by atoms with Crippen molar-refractivity contribution in [2.45, 2.75) is 310 Å². The van der Waals surface area contributed by atoms with E-state index < -0.39 is 97.5 Å². The number of phosphoric ester groups is 2. The summed E-state index contributed by atoms with van der Waals surface area (Å²) < 4.78 is 67.6. The molecule has 0 aromatic rings. The molecule has 0 bridgehead atoms. The van der Waals surface area contributed by atoms with Crippen LogP contribution < -0.4 is 0 Å². The number of aliphatic hydroxyl groups excluding tert-OH is 1. The molecule has 2 unspecified atom stereocenters. The molecular weight excluding hydrogens is 1050 g/mol. The van der Waals surface area contributed by atoms with Crippen molar-refractivity contribution in [3.8, 4) is 0 Å². The van der Waals surface area contributed by atoms with Crippen LogP contribution in [0.4, 0.5) is 0 Å². The van der Waals surface area contributed by atoms with Gasteiger partial charge in [-0.2, -0.15) is 0 Å². The Morgan fingerprint density at radius 2 is 0.582 bits per heavy atom. The lowest BCUT2D eigenvalue weighted by Crippen LogP contribution is -2.30. The van der Waals surface area contributed by atoms with Gasteiger partial charge in [-0.05, 0) is 37.5 Å². The number of hydrogen-bond donors (Lipinski definition) is 3. The molecule has 0 fully saturated rings. The van der Waals surface area contributed by atoms with Gasteiger partial charge in [0.05, 0.1) is 26.4 Å². The van der Waals surface area contributed by atoms with E-state index in [0.717, 1.165) is 103 Å². The average molecular weight is 1170 g/mol. The lowest BCUT2D eigenvalue weighted by molar-refractivity contribution is -0.161. The van der Waals surface area contributed by atoms with Crippen molar-refractivity contribution in [2.75, 3.05) is 39.6 Å². The van der Waals surface area contributed by atoms with E-state index in [1.807, 2.05) is 0 Å². The Morgan fingerprint density at radius 1 is 0.342 bits per heavy atom. The Kier molecular flexibility index (Phi) is 51.5. The zero-order chi connectivity index (χ0) is 58.7. The van der Waals surface area contributed by atoms with E-state index in [9.17, 15) is 43.2 Å². The minimum absolute atomic E-state index is 0.101. The largest absolute Gasteiger partial charge is 0.472 e. The second kappa shape index (κ2) is 52.8.